The Balaban J connectivity index is 2.23. The van der Waals surface area contributed by atoms with Crippen LogP contribution in [0.4, 0.5) is 0 Å². The van der Waals surface area contributed by atoms with E-state index in [9.17, 15) is 4.79 Å². The minimum atomic E-state index is 0.00720. The Kier molecular flexibility index (Phi) is 4.47. The number of ether oxygens (including phenoxy) is 2. The highest BCUT2D eigenvalue weighted by atomic mass is 79.9. The van der Waals surface area contributed by atoms with Gasteiger partial charge in [-0.1, -0.05) is 0 Å². The molecule has 4 nitrogen and oxygen atoms in total. The molecule has 1 amide bonds. The Bertz CT molecular complexity index is 468. The van der Waals surface area contributed by atoms with Crippen molar-refractivity contribution >= 4 is 21.8 Å². The summed E-state index contributed by atoms with van der Waals surface area (Å²) >= 11 is 3.42. The molecule has 0 unspecified atom stereocenters. The van der Waals surface area contributed by atoms with Gasteiger partial charge < -0.3 is 14.4 Å². The minimum absolute atomic E-state index is 0.00720. The smallest absolute Gasteiger partial charge is 0.255 e. The van der Waals surface area contributed by atoms with Gasteiger partial charge in [-0.25, -0.2) is 0 Å². The number of methoxy groups -OCH3 is 1. The first kappa shape index (κ1) is 14.3. The SMILES string of the molecule is COc1ccc(Br)c(C(=O)N2C[C@@H](C)O[C@@H](C)C2)c1. The van der Waals surface area contributed by atoms with Gasteiger partial charge in [0.05, 0.1) is 24.9 Å². The average Bonchev–Trinajstić information content (AvgIpc) is 2.37. The topological polar surface area (TPSA) is 38.8 Å². The molecule has 2 atom stereocenters. The fourth-order valence-corrected chi connectivity index (χ4v) is 2.73. The van der Waals surface area contributed by atoms with Crippen molar-refractivity contribution in [1.82, 2.24) is 4.90 Å². The van der Waals surface area contributed by atoms with Crippen molar-refractivity contribution in [2.24, 2.45) is 0 Å². The molecule has 0 radical (unpaired) electrons. The molecule has 1 saturated heterocycles. The molecule has 19 heavy (non-hydrogen) atoms. The van der Waals surface area contributed by atoms with Gasteiger partial charge in [0.15, 0.2) is 0 Å². The second kappa shape index (κ2) is 5.92. The van der Waals surface area contributed by atoms with Crippen molar-refractivity contribution in [2.75, 3.05) is 20.2 Å². The Labute approximate surface area is 121 Å². The van der Waals surface area contributed by atoms with Gasteiger partial charge in [0.2, 0.25) is 0 Å². The second-order valence-corrected chi connectivity index (χ2v) is 5.67. The molecular formula is C14H18BrNO3. The molecule has 0 spiro atoms. The largest absolute Gasteiger partial charge is 0.497 e. The van der Waals surface area contributed by atoms with Crippen LogP contribution in [0.1, 0.15) is 24.2 Å². The second-order valence-electron chi connectivity index (χ2n) is 4.81. The van der Waals surface area contributed by atoms with Crippen molar-refractivity contribution < 1.29 is 14.3 Å². The zero-order valence-corrected chi connectivity index (χ0v) is 12.9. The van der Waals surface area contributed by atoms with Crippen molar-refractivity contribution in [1.29, 1.82) is 0 Å². The van der Waals surface area contributed by atoms with E-state index < -0.39 is 0 Å². The monoisotopic (exact) mass is 327 g/mol. The maximum absolute atomic E-state index is 12.6. The molecule has 0 aromatic heterocycles. The third-order valence-electron chi connectivity index (χ3n) is 3.11. The number of morpholine rings is 1. The summed E-state index contributed by atoms with van der Waals surface area (Å²) in [6, 6.07) is 5.42. The molecule has 0 N–H and O–H groups in total. The van der Waals surface area contributed by atoms with Crippen LogP contribution in [0.3, 0.4) is 0 Å². The van der Waals surface area contributed by atoms with Crippen LogP contribution in [0, 0.1) is 0 Å². The predicted octanol–water partition coefficient (Wildman–Crippen LogP) is 2.71. The van der Waals surface area contributed by atoms with Crippen LogP contribution in [-0.4, -0.2) is 43.2 Å². The third kappa shape index (κ3) is 3.28. The quantitative estimate of drug-likeness (QED) is 0.838. The lowest BCUT2D eigenvalue weighted by molar-refractivity contribution is -0.0586. The van der Waals surface area contributed by atoms with E-state index in [1.54, 1.807) is 13.2 Å². The number of hydrogen-bond acceptors (Lipinski definition) is 3. The maximum atomic E-state index is 12.6. The fourth-order valence-electron chi connectivity index (χ4n) is 2.31. The van der Waals surface area contributed by atoms with E-state index in [1.807, 2.05) is 30.9 Å². The van der Waals surface area contributed by atoms with Gasteiger partial charge in [0, 0.05) is 17.6 Å². The lowest BCUT2D eigenvalue weighted by Gasteiger charge is -2.35. The average molecular weight is 328 g/mol. The first-order valence-corrected chi connectivity index (χ1v) is 7.09. The summed E-state index contributed by atoms with van der Waals surface area (Å²) < 4.78 is 11.6. The van der Waals surface area contributed by atoms with Crippen LogP contribution in [0.15, 0.2) is 22.7 Å². The standard InChI is InChI=1S/C14H18BrNO3/c1-9-7-16(8-10(2)19-9)14(17)12-6-11(18-3)4-5-13(12)15/h4-6,9-10H,7-8H2,1-3H3/t9-,10+. The van der Waals surface area contributed by atoms with Gasteiger partial charge >= 0.3 is 0 Å². The van der Waals surface area contributed by atoms with Crippen molar-refractivity contribution in [3.05, 3.63) is 28.2 Å². The van der Waals surface area contributed by atoms with E-state index in [0.717, 1.165) is 4.47 Å². The highest BCUT2D eigenvalue weighted by Crippen LogP contribution is 2.25. The van der Waals surface area contributed by atoms with E-state index >= 15 is 0 Å². The zero-order valence-electron chi connectivity index (χ0n) is 11.4. The van der Waals surface area contributed by atoms with E-state index in [4.69, 9.17) is 9.47 Å². The number of carbonyl (C=O) groups excluding carboxylic acids is 1. The van der Waals surface area contributed by atoms with Gasteiger partial charge in [-0.15, -0.1) is 0 Å². The number of nitrogens with zero attached hydrogens (tertiary/aromatic N) is 1. The molecule has 1 fully saturated rings. The highest BCUT2D eigenvalue weighted by Gasteiger charge is 2.27. The molecule has 1 aliphatic rings. The lowest BCUT2D eigenvalue weighted by Crippen LogP contribution is -2.48. The fraction of sp³-hybridized carbons (Fsp3) is 0.500. The Morgan fingerprint density at radius 1 is 1.37 bits per heavy atom. The van der Waals surface area contributed by atoms with Gasteiger partial charge in [0.25, 0.3) is 5.91 Å². The molecule has 0 bridgehead atoms. The summed E-state index contributed by atoms with van der Waals surface area (Å²) in [6.07, 6.45) is 0.133. The van der Waals surface area contributed by atoms with Crippen LogP contribution in [0.2, 0.25) is 0 Å². The summed E-state index contributed by atoms with van der Waals surface area (Å²) in [4.78, 5) is 14.4. The third-order valence-corrected chi connectivity index (χ3v) is 3.80. The van der Waals surface area contributed by atoms with Crippen LogP contribution >= 0.6 is 15.9 Å². The Morgan fingerprint density at radius 3 is 2.58 bits per heavy atom. The summed E-state index contributed by atoms with van der Waals surface area (Å²) in [5.74, 6) is 0.689. The Morgan fingerprint density at radius 2 is 2.00 bits per heavy atom. The van der Waals surface area contributed by atoms with Crippen molar-refractivity contribution in [2.45, 2.75) is 26.1 Å². The predicted molar refractivity (Wildman–Crippen MR) is 76.6 cm³/mol. The minimum Gasteiger partial charge on any atom is -0.497 e. The molecule has 104 valence electrons. The molecule has 2 rings (SSSR count). The molecule has 1 aromatic rings. The number of amides is 1. The molecule has 0 aliphatic carbocycles. The van der Waals surface area contributed by atoms with Gasteiger partial charge in [-0.2, -0.15) is 0 Å². The number of benzene rings is 1. The normalized spacial score (nSPS) is 23.3. The molecule has 1 aliphatic heterocycles. The number of halogens is 1. The van der Waals surface area contributed by atoms with E-state index in [1.165, 1.54) is 0 Å². The van der Waals surface area contributed by atoms with Gasteiger partial charge in [-0.05, 0) is 48.0 Å². The van der Waals surface area contributed by atoms with E-state index in [2.05, 4.69) is 15.9 Å². The summed E-state index contributed by atoms with van der Waals surface area (Å²) in [7, 11) is 1.59. The molecule has 5 heteroatoms. The van der Waals surface area contributed by atoms with E-state index in [-0.39, 0.29) is 18.1 Å². The molecular weight excluding hydrogens is 310 g/mol. The van der Waals surface area contributed by atoms with Crippen LogP contribution < -0.4 is 4.74 Å². The van der Waals surface area contributed by atoms with Gasteiger partial charge in [-0.3, -0.25) is 4.79 Å². The first-order valence-electron chi connectivity index (χ1n) is 6.29. The summed E-state index contributed by atoms with van der Waals surface area (Å²) in [6.45, 7) is 5.20. The number of hydrogen-bond donors (Lipinski definition) is 0. The van der Waals surface area contributed by atoms with Crippen molar-refractivity contribution in [3.63, 3.8) is 0 Å². The molecule has 1 aromatic carbocycles. The number of carbonyl (C=O) groups is 1. The van der Waals surface area contributed by atoms with Crippen LogP contribution in [0.25, 0.3) is 0 Å². The number of rotatable bonds is 2. The highest BCUT2D eigenvalue weighted by molar-refractivity contribution is 9.10. The Hall–Kier alpha value is -1.07. The van der Waals surface area contributed by atoms with Gasteiger partial charge in [0.1, 0.15) is 5.75 Å². The van der Waals surface area contributed by atoms with E-state index in [0.29, 0.717) is 24.4 Å². The summed E-state index contributed by atoms with van der Waals surface area (Å²) in [5, 5.41) is 0. The summed E-state index contributed by atoms with van der Waals surface area (Å²) in [5.41, 5.74) is 0.626. The molecule has 1 heterocycles. The lowest BCUT2D eigenvalue weighted by atomic mass is 10.1. The molecule has 0 saturated carbocycles. The van der Waals surface area contributed by atoms with Crippen LogP contribution in [-0.2, 0) is 4.74 Å². The zero-order chi connectivity index (χ0) is 14.0. The maximum Gasteiger partial charge on any atom is 0.255 e. The van der Waals surface area contributed by atoms with Crippen molar-refractivity contribution in [3.8, 4) is 5.75 Å². The first-order chi connectivity index (χ1) is 9.01. The van der Waals surface area contributed by atoms with Crippen LogP contribution in [0.5, 0.6) is 5.75 Å².